The van der Waals surface area contributed by atoms with Crippen molar-refractivity contribution in [3.8, 4) is 11.6 Å². The number of pyridine rings is 1. The van der Waals surface area contributed by atoms with Crippen molar-refractivity contribution in [3.63, 3.8) is 0 Å². The van der Waals surface area contributed by atoms with E-state index in [-0.39, 0.29) is 22.9 Å². The van der Waals surface area contributed by atoms with Gasteiger partial charge in [-0.25, -0.2) is 9.78 Å². The monoisotopic (exact) mass is 299 g/mol. The summed E-state index contributed by atoms with van der Waals surface area (Å²) in [4.78, 5) is 14.8. The van der Waals surface area contributed by atoms with Gasteiger partial charge in [0.1, 0.15) is 0 Å². The molecule has 0 saturated heterocycles. The average molecular weight is 300 g/mol. The molecule has 0 fully saturated rings. The normalized spacial score (nSPS) is 11.1. The van der Waals surface area contributed by atoms with Gasteiger partial charge in [-0.05, 0) is 6.07 Å². The quantitative estimate of drug-likeness (QED) is 0.631. The van der Waals surface area contributed by atoms with Crippen LogP contribution in [0.2, 0.25) is 0 Å². The lowest BCUT2D eigenvalue weighted by atomic mass is 10.2. The molecule has 1 aromatic heterocycles. The lowest BCUT2D eigenvalue weighted by Gasteiger charge is -2.14. The number of rotatable bonds is 4. The Morgan fingerprint density at radius 2 is 2.05 bits per heavy atom. The number of alkyl halides is 4. The molecule has 1 aromatic rings. The van der Waals surface area contributed by atoms with Gasteiger partial charge in [0, 0.05) is 11.4 Å². The minimum atomic E-state index is -4.96. The van der Waals surface area contributed by atoms with Gasteiger partial charge in [0.05, 0.1) is 14.2 Å². The topological polar surface area (TPSA) is 57.7 Å². The summed E-state index contributed by atoms with van der Waals surface area (Å²) in [7, 11) is 2.20. The van der Waals surface area contributed by atoms with E-state index in [0.29, 0.717) is 0 Å². The van der Waals surface area contributed by atoms with Gasteiger partial charge in [-0.15, -0.1) is 24.8 Å². The predicted molar refractivity (Wildman–Crippen MR) is 58.4 cm³/mol. The number of nitrogens with zero attached hydrogens (tertiary/aromatic N) is 1. The van der Waals surface area contributed by atoms with Crippen molar-refractivity contribution in [1.82, 2.24) is 4.98 Å². The smallest absolute Gasteiger partial charge is 0.491 e. The molecule has 0 bridgehead atoms. The molecule has 0 spiro atoms. The number of esters is 1. The average Bonchev–Trinajstić information content (AvgIpc) is 2.35. The van der Waals surface area contributed by atoms with Gasteiger partial charge in [-0.1, -0.05) is 0 Å². The van der Waals surface area contributed by atoms with E-state index in [4.69, 9.17) is 16.3 Å². The zero-order chi connectivity index (χ0) is 14.6. The number of carbonyl (C=O) groups excluding carboxylic acids is 1. The maximum atomic E-state index is 12.2. The van der Waals surface area contributed by atoms with Crippen LogP contribution in [0.4, 0.5) is 13.2 Å². The molecular formula is C10H9ClF3NO4. The molecule has 0 N–H and O–H groups in total. The van der Waals surface area contributed by atoms with Crippen molar-refractivity contribution in [3.05, 3.63) is 17.3 Å². The SMILES string of the molecule is COC(=O)c1nc(OC(F)(F)F)c(OC)cc1CCl. The van der Waals surface area contributed by atoms with Crippen molar-refractivity contribution in [2.45, 2.75) is 12.2 Å². The summed E-state index contributed by atoms with van der Waals surface area (Å²) in [6.45, 7) is 0. The summed E-state index contributed by atoms with van der Waals surface area (Å²) in [5, 5.41) is 0. The van der Waals surface area contributed by atoms with E-state index in [1.54, 1.807) is 0 Å². The van der Waals surface area contributed by atoms with Gasteiger partial charge in [0.25, 0.3) is 5.88 Å². The van der Waals surface area contributed by atoms with Gasteiger partial charge >= 0.3 is 12.3 Å². The number of ether oxygens (including phenoxy) is 3. The first kappa shape index (κ1) is 15.4. The van der Waals surface area contributed by atoms with Crippen LogP contribution in [0.1, 0.15) is 16.1 Å². The molecule has 1 rings (SSSR count). The Hall–Kier alpha value is -1.70. The third-order valence-electron chi connectivity index (χ3n) is 1.99. The summed E-state index contributed by atoms with van der Waals surface area (Å²) >= 11 is 5.58. The first-order valence-corrected chi connectivity index (χ1v) is 5.33. The number of hydrogen-bond acceptors (Lipinski definition) is 5. The number of carbonyl (C=O) groups is 1. The molecule has 19 heavy (non-hydrogen) atoms. The number of aromatic nitrogens is 1. The Morgan fingerprint density at radius 1 is 1.42 bits per heavy atom. The molecule has 5 nitrogen and oxygen atoms in total. The molecule has 0 atom stereocenters. The standard InChI is InChI=1S/C10H9ClF3NO4/c1-17-6-3-5(4-11)7(9(16)18-2)15-8(6)19-10(12,13)14/h3H,4H2,1-2H3. The first-order chi connectivity index (χ1) is 8.82. The molecule has 106 valence electrons. The van der Waals surface area contributed by atoms with Gasteiger partial charge in [0.2, 0.25) is 0 Å². The fraction of sp³-hybridized carbons (Fsp3) is 0.400. The number of methoxy groups -OCH3 is 2. The molecule has 1 heterocycles. The van der Waals surface area contributed by atoms with E-state index >= 15 is 0 Å². The highest BCUT2D eigenvalue weighted by Crippen LogP contribution is 2.32. The highest BCUT2D eigenvalue weighted by molar-refractivity contribution is 6.17. The Balaban J connectivity index is 3.33. The summed E-state index contributed by atoms with van der Waals surface area (Å²) in [6.07, 6.45) is -4.96. The molecular weight excluding hydrogens is 291 g/mol. The Morgan fingerprint density at radius 3 is 2.47 bits per heavy atom. The molecule has 9 heteroatoms. The minimum absolute atomic E-state index is 0.153. The van der Waals surface area contributed by atoms with Crippen molar-refractivity contribution in [2.75, 3.05) is 14.2 Å². The second kappa shape index (κ2) is 5.96. The molecule has 0 unspecified atom stereocenters. The van der Waals surface area contributed by atoms with Crippen LogP contribution >= 0.6 is 11.6 Å². The van der Waals surface area contributed by atoms with Crippen molar-refractivity contribution >= 4 is 17.6 Å². The third kappa shape index (κ3) is 3.88. The van der Waals surface area contributed by atoms with Gasteiger partial charge in [0.15, 0.2) is 11.4 Å². The molecule has 0 radical (unpaired) electrons. The predicted octanol–water partition coefficient (Wildman–Crippen LogP) is 2.51. The maximum absolute atomic E-state index is 12.2. The van der Waals surface area contributed by atoms with E-state index in [0.717, 1.165) is 20.3 Å². The second-order valence-electron chi connectivity index (χ2n) is 3.18. The zero-order valence-corrected chi connectivity index (χ0v) is 10.6. The van der Waals surface area contributed by atoms with Crippen molar-refractivity contribution < 1.29 is 32.2 Å². The Bertz CT molecular complexity index is 479. The van der Waals surface area contributed by atoms with Crippen LogP contribution in [0.25, 0.3) is 0 Å². The van der Waals surface area contributed by atoms with Crippen LogP contribution in [0, 0.1) is 0 Å². The number of hydrogen-bond donors (Lipinski definition) is 0. The summed E-state index contributed by atoms with van der Waals surface area (Å²) in [6, 6.07) is 1.13. The fourth-order valence-corrected chi connectivity index (χ4v) is 1.42. The Kier molecular flexibility index (Phi) is 4.82. The van der Waals surface area contributed by atoms with Crippen LogP contribution in [-0.2, 0) is 10.6 Å². The first-order valence-electron chi connectivity index (χ1n) is 4.80. The van der Waals surface area contributed by atoms with Crippen LogP contribution in [0.15, 0.2) is 6.07 Å². The van der Waals surface area contributed by atoms with Crippen LogP contribution in [0.5, 0.6) is 11.6 Å². The minimum Gasteiger partial charge on any atom is -0.491 e. The molecule has 0 aliphatic rings. The van der Waals surface area contributed by atoms with Crippen molar-refractivity contribution in [2.24, 2.45) is 0 Å². The highest BCUT2D eigenvalue weighted by Gasteiger charge is 2.34. The third-order valence-corrected chi connectivity index (χ3v) is 2.28. The highest BCUT2D eigenvalue weighted by atomic mass is 35.5. The summed E-state index contributed by atoms with van der Waals surface area (Å²) < 4.78 is 49.4. The van der Waals surface area contributed by atoms with E-state index in [1.165, 1.54) is 0 Å². The van der Waals surface area contributed by atoms with Crippen LogP contribution < -0.4 is 9.47 Å². The van der Waals surface area contributed by atoms with Crippen LogP contribution in [0.3, 0.4) is 0 Å². The number of halogens is 4. The zero-order valence-electron chi connectivity index (χ0n) is 9.88. The van der Waals surface area contributed by atoms with E-state index in [1.807, 2.05) is 0 Å². The molecule has 0 amide bonds. The molecule has 0 aliphatic carbocycles. The Labute approximate surface area is 111 Å². The van der Waals surface area contributed by atoms with E-state index < -0.39 is 18.2 Å². The molecule has 0 aromatic carbocycles. The molecule has 0 aliphatic heterocycles. The lowest BCUT2D eigenvalue weighted by Crippen LogP contribution is -2.20. The van der Waals surface area contributed by atoms with Gasteiger partial charge in [-0.2, -0.15) is 0 Å². The van der Waals surface area contributed by atoms with Crippen molar-refractivity contribution in [1.29, 1.82) is 0 Å². The maximum Gasteiger partial charge on any atom is 0.574 e. The second-order valence-corrected chi connectivity index (χ2v) is 3.44. The lowest BCUT2D eigenvalue weighted by molar-refractivity contribution is -0.276. The summed E-state index contributed by atoms with van der Waals surface area (Å²) in [5.74, 6) is -2.25. The largest absolute Gasteiger partial charge is 0.574 e. The van der Waals surface area contributed by atoms with Gasteiger partial charge in [-0.3, -0.25) is 0 Å². The summed E-state index contributed by atoms with van der Waals surface area (Å²) in [5.41, 5.74) is -0.197. The van der Waals surface area contributed by atoms with E-state index in [2.05, 4.69) is 14.5 Å². The molecule has 0 saturated carbocycles. The van der Waals surface area contributed by atoms with Gasteiger partial charge < -0.3 is 14.2 Å². The van der Waals surface area contributed by atoms with E-state index in [9.17, 15) is 18.0 Å². The fourth-order valence-electron chi connectivity index (χ4n) is 1.22. The van der Waals surface area contributed by atoms with Crippen LogP contribution in [-0.4, -0.2) is 31.5 Å².